The van der Waals surface area contributed by atoms with Crippen molar-refractivity contribution in [1.29, 1.82) is 0 Å². The van der Waals surface area contributed by atoms with Crippen molar-refractivity contribution in [3.05, 3.63) is 33.9 Å². The second-order valence-corrected chi connectivity index (χ2v) is 4.10. The van der Waals surface area contributed by atoms with Crippen molar-refractivity contribution < 1.29 is 10.0 Å². The third kappa shape index (κ3) is 4.03. The van der Waals surface area contributed by atoms with Crippen molar-refractivity contribution >= 4 is 11.4 Å². The summed E-state index contributed by atoms with van der Waals surface area (Å²) in [5.74, 6) is 0. The van der Waals surface area contributed by atoms with Crippen LogP contribution < -0.4 is 5.32 Å². The molecule has 0 aromatic heterocycles. The smallest absolute Gasteiger partial charge is 0.292 e. The highest BCUT2D eigenvalue weighted by molar-refractivity contribution is 5.62. The minimum atomic E-state index is -0.471. The van der Waals surface area contributed by atoms with Crippen LogP contribution in [0.5, 0.6) is 0 Å². The van der Waals surface area contributed by atoms with Gasteiger partial charge in [-0.2, -0.15) is 0 Å². The predicted octanol–water partition coefficient (Wildman–Crippen LogP) is 2.48. The molecule has 0 heterocycles. The Bertz CT molecular complexity index is 393. The maximum Gasteiger partial charge on any atom is 0.292 e. The van der Waals surface area contributed by atoms with Crippen molar-refractivity contribution in [2.75, 3.05) is 11.9 Å². The molecule has 0 fully saturated rings. The van der Waals surface area contributed by atoms with Crippen LogP contribution in [0.4, 0.5) is 11.4 Å². The van der Waals surface area contributed by atoms with E-state index in [9.17, 15) is 15.2 Å². The van der Waals surface area contributed by atoms with Gasteiger partial charge < -0.3 is 10.4 Å². The molecule has 0 bridgehead atoms. The number of nitro benzene ring substituents is 1. The molecule has 1 unspecified atom stereocenters. The first-order valence-electron chi connectivity index (χ1n) is 5.71. The molecule has 5 nitrogen and oxygen atoms in total. The summed E-state index contributed by atoms with van der Waals surface area (Å²) < 4.78 is 0. The zero-order valence-corrected chi connectivity index (χ0v) is 10.1. The Balaban J connectivity index is 2.73. The topological polar surface area (TPSA) is 75.4 Å². The van der Waals surface area contributed by atoms with Gasteiger partial charge in [-0.15, -0.1) is 0 Å². The minimum absolute atomic E-state index is 0.0497. The summed E-state index contributed by atoms with van der Waals surface area (Å²) in [5.41, 5.74) is 1.35. The van der Waals surface area contributed by atoms with E-state index in [1.165, 1.54) is 6.07 Å². The number of benzene rings is 1. The largest absolute Gasteiger partial charge is 0.391 e. The lowest BCUT2D eigenvalue weighted by molar-refractivity contribution is -0.384. The van der Waals surface area contributed by atoms with Crippen LogP contribution in [0.15, 0.2) is 18.2 Å². The lowest BCUT2D eigenvalue weighted by atomic mass is 10.1. The lowest BCUT2D eigenvalue weighted by Crippen LogP contribution is -2.19. The molecule has 0 radical (unpaired) electrons. The van der Waals surface area contributed by atoms with E-state index in [0.29, 0.717) is 18.7 Å². The van der Waals surface area contributed by atoms with Crippen molar-refractivity contribution in [3.8, 4) is 0 Å². The minimum Gasteiger partial charge on any atom is -0.391 e. The quantitative estimate of drug-likeness (QED) is 0.589. The molecule has 1 aromatic rings. The Morgan fingerprint density at radius 1 is 1.53 bits per heavy atom. The van der Waals surface area contributed by atoms with Gasteiger partial charge in [0.2, 0.25) is 0 Å². The van der Waals surface area contributed by atoms with Crippen LogP contribution in [-0.4, -0.2) is 22.7 Å². The summed E-state index contributed by atoms with van der Waals surface area (Å²) in [5, 5.41) is 23.3. The number of nitrogens with zero attached hydrogens (tertiary/aromatic N) is 1. The van der Waals surface area contributed by atoms with Gasteiger partial charge in [0, 0.05) is 12.6 Å². The number of nitro groups is 1. The van der Waals surface area contributed by atoms with Crippen LogP contribution in [0.2, 0.25) is 0 Å². The second kappa shape index (κ2) is 6.20. The monoisotopic (exact) mass is 238 g/mol. The molecule has 0 saturated heterocycles. The predicted molar refractivity (Wildman–Crippen MR) is 67.2 cm³/mol. The fourth-order valence-electron chi connectivity index (χ4n) is 1.61. The molecule has 94 valence electrons. The summed E-state index contributed by atoms with van der Waals surface area (Å²) in [6.45, 7) is 4.12. The average Bonchev–Trinajstić information content (AvgIpc) is 2.27. The SMILES string of the molecule is CCCC(O)CNc1ccc(C)cc1[N+](=O)[O-]. The zero-order valence-electron chi connectivity index (χ0n) is 10.1. The van der Waals surface area contributed by atoms with Gasteiger partial charge in [0.1, 0.15) is 5.69 Å². The van der Waals surface area contributed by atoms with Crippen LogP contribution in [0.25, 0.3) is 0 Å². The van der Waals surface area contributed by atoms with Gasteiger partial charge in [-0.25, -0.2) is 0 Å². The number of rotatable bonds is 6. The van der Waals surface area contributed by atoms with Crippen LogP contribution in [0.1, 0.15) is 25.3 Å². The molecule has 2 N–H and O–H groups in total. The lowest BCUT2D eigenvalue weighted by Gasteiger charge is -2.12. The molecule has 0 amide bonds. The molecule has 1 aromatic carbocycles. The van der Waals surface area contributed by atoms with Gasteiger partial charge in [0.15, 0.2) is 0 Å². The van der Waals surface area contributed by atoms with E-state index in [4.69, 9.17) is 0 Å². The molecule has 5 heteroatoms. The van der Waals surface area contributed by atoms with Gasteiger partial charge in [-0.05, 0) is 25.0 Å². The molecule has 0 aliphatic heterocycles. The Kier molecular flexibility index (Phi) is 4.90. The van der Waals surface area contributed by atoms with Crippen molar-refractivity contribution in [1.82, 2.24) is 0 Å². The highest BCUT2D eigenvalue weighted by Crippen LogP contribution is 2.25. The van der Waals surface area contributed by atoms with E-state index in [1.54, 1.807) is 6.07 Å². The second-order valence-electron chi connectivity index (χ2n) is 4.10. The highest BCUT2D eigenvalue weighted by atomic mass is 16.6. The average molecular weight is 238 g/mol. The van der Waals surface area contributed by atoms with E-state index in [-0.39, 0.29) is 5.69 Å². The summed E-state index contributed by atoms with van der Waals surface area (Å²) in [7, 11) is 0. The number of aliphatic hydroxyl groups is 1. The molecule has 0 spiro atoms. The number of hydrogen-bond acceptors (Lipinski definition) is 4. The van der Waals surface area contributed by atoms with Crippen LogP contribution in [0, 0.1) is 17.0 Å². The molecule has 0 aliphatic rings. The van der Waals surface area contributed by atoms with Crippen LogP contribution in [-0.2, 0) is 0 Å². The van der Waals surface area contributed by atoms with Crippen LogP contribution in [0.3, 0.4) is 0 Å². The van der Waals surface area contributed by atoms with Gasteiger partial charge in [-0.3, -0.25) is 10.1 Å². The van der Waals surface area contributed by atoms with E-state index < -0.39 is 11.0 Å². The maximum atomic E-state index is 10.8. The summed E-state index contributed by atoms with van der Waals surface area (Å²) in [6.07, 6.45) is 1.10. The Labute approximate surface area is 101 Å². The standard InChI is InChI=1S/C12H18N2O3/c1-3-4-10(15)8-13-11-6-5-9(2)7-12(11)14(16)17/h5-7,10,13,15H,3-4,8H2,1-2H3. The first kappa shape index (κ1) is 13.4. The fraction of sp³-hybridized carbons (Fsp3) is 0.500. The van der Waals surface area contributed by atoms with E-state index in [1.807, 2.05) is 19.9 Å². The molecular formula is C12H18N2O3. The van der Waals surface area contributed by atoms with E-state index in [2.05, 4.69) is 5.32 Å². The third-order valence-corrected chi connectivity index (χ3v) is 2.50. The Morgan fingerprint density at radius 3 is 2.82 bits per heavy atom. The van der Waals surface area contributed by atoms with E-state index >= 15 is 0 Å². The van der Waals surface area contributed by atoms with Gasteiger partial charge in [0.05, 0.1) is 11.0 Å². The summed E-state index contributed by atoms with van der Waals surface area (Å²) in [4.78, 5) is 10.4. The zero-order chi connectivity index (χ0) is 12.8. The van der Waals surface area contributed by atoms with Crippen molar-refractivity contribution in [2.24, 2.45) is 0 Å². The molecule has 1 atom stereocenters. The number of aryl methyl sites for hydroxylation is 1. The normalized spacial score (nSPS) is 12.2. The maximum absolute atomic E-state index is 10.8. The summed E-state index contributed by atoms with van der Waals surface area (Å²) >= 11 is 0. The van der Waals surface area contributed by atoms with Crippen molar-refractivity contribution in [3.63, 3.8) is 0 Å². The Hall–Kier alpha value is -1.62. The van der Waals surface area contributed by atoms with Gasteiger partial charge >= 0.3 is 0 Å². The van der Waals surface area contributed by atoms with Gasteiger partial charge in [-0.1, -0.05) is 19.4 Å². The molecule has 0 aliphatic carbocycles. The number of anilines is 1. The molecule has 0 saturated carbocycles. The number of hydrogen-bond donors (Lipinski definition) is 2. The highest BCUT2D eigenvalue weighted by Gasteiger charge is 2.14. The summed E-state index contributed by atoms with van der Waals surface area (Å²) in [6, 6.07) is 5.00. The van der Waals surface area contributed by atoms with Gasteiger partial charge in [0.25, 0.3) is 5.69 Å². The fourth-order valence-corrected chi connectivity index (χ4v) is 1.61. The first-order chi connectivity index (χ1) is 8.04. The molecular weight excluding hydrogens is 220 g/mol. The van der Waals surface area contributed by atoms with Crippen molar-refractivity contribution in [2.45, 2.75) is 32.8 Å². The van der Waals surface area contributed by atoms with Crippen LogP contribution >= 0.6 is 0 Å². The number of nitrogens with one attached hydrogen (secondary N) is 1. The first-order valence-corrected chi connectivity index (χ1v) is 5.71. The number of aliphatic hydroxyl groups excluding tert-OH is 1. The van der Waals surface area contributed by atoms with E-state index in [0.717, 1.165) is 12.0 Å². The molecule has 17 heavy (non-hydrogen) atoms. The molecule has 1 rings (SSSR count). The third-order valence-electron chi connectivity index (χ3n) is 2.50. The Morgan fingerprint density at radius 2 is 2.24 bits per heavy atom.